The molecule has 0 spiro atoms. The second-order valence-corrected chi connectivity index (χ2v) is 8.46. The Labute approximate surface area is 200 Å². The van der Waals surface area contributed by atoms with Crippen molar-refractivity contribution in [1.82, 2.24) is 9.80 Å². The second kappa shape index (κ2) is 10.3. The fourth-order valence-corrected chi connectivity index (χ4v) is 4.22. The summed E-state index contributed by atoms with van der Waals surface area (Å²) in [5, 5.41) is 24.6. The smallest absolute Gasteiger partial charge is 0.314 e. The van der Waals surface area contributed by atoms with E-state index < -0.39 is 17.6 Å². The summed E-state index contributed by atoms with van der Waals surface area (Å²) in [6, 6.07) is 6.54. The molecule has 33 heavy (non-hydrogen) atoms. The zero-order valence-electron chi connectivity index (χ0n) is 18.1. The van der Waals surface area contributed by atoms with Crippen molar-refractivity contribution in [2.45, 2.75) is 25.9 Å². The number of nitrogens with zero attached hydrogens (tertiary/aromatic N) is 2. The summed E-state index contributed by atoms with van der Waals surface area (Å²) in [6.45, 7) is 3.27. The van der Waals surface area contributed by atoms with E-state index in [1.165, 1.54) is 30.3 Å². The zero-order chi connectivity index (χ0) is 24.3. The van der Waals surface area contributed by atoms with Gasteiger partial charge in [-0.3, -0.25) is 19.3 Å². The van der Waals surface area contributed by atoms with E-state index >= 15 is 0 Å². The van der Waals surface area contributed by atoms with Crippen molar-refractivity contribution < 1.29 is 24.6 Å². The lowest BCUT2D eigenvalue weighted by molar-refractivity contribution is -0.133. The number of likely N-dealkylation sites (tertiary alicyclic amines) is 1. The Balaban J connectivity index is 1.76. The van der Waals surface area contributed by atoms with Crippen LogP contribution < -0.4 is 10.6 Å². The number of anilines is 2. The molecule has 2 aromatic rings. The van der Waals surface area contributed by atoms with E-state index in [4.69, 9.17) is 23.2 Å². The van der Waals surface area contributed by atoms with Crippen LogP contribution in [0.5, 0.6) is 11.5 Å². The normalized spacial score (nSPS) is 15.8. The number of rotatable bonds is 5. The Kier molecular flexibility index (Phi) is 7.68. The number of phenolic OH excluding ortho intramolecular Hbond substituents is 2. The molecule has 1 heterocycles. The number of carbonyl (C=O) groups excluding carboxylic acids is 3. The van der Waals surface area contributed by atoms with Gasteiger partial charge in [0.1, 0.15) is 5.75 Å². The lowest BCUT2D eigenvalue weighted by atomic mass is 10.1. The molecule has 1 aliphatic rings. The van der Waals surface area contributed by atoms with Gasteiger partial charge in [0.05, 0.1) is 22.6 Å². The van der Waals surface area contributed by atoms with Gasteiger partial charge >= 0.3 is 11.8 Å². The minimum atomic E-state index is -1.14. The molecule has 176 valence electrons. The highest BCUT2D eigenvalue weighted by Gasteiger charge is 2.30. The summed E-state index contributed by atoms with van der Waals surface area (Å²) >= 11 is 11.7. The van der Waals surface area contributed by atoms with Gasteiger partial charge in [-0.25, -0.2) is 0 Å². The fourth-order valence-electron chi connectivity index (χ4n) is 3.73. The van der Waals surface area contributed by atoms with Crippen molar-refractivity contribution in [3.8, 4) is 11.5 Å². The fraction of sp³-hybridized carbons (Fsp3) is 0.318. The van der Waals surface area contributed by atoms with Crippen LogP contribution in [0.15, 0.2) is 30.3 Å². The molecule has 1 fully saturated rings. The molecule has 0 radical (unpaired) electrons. The highest BCUT2D eigenvalue weighted by molar-refractivity contribution is 6.44. The minimum Gasteiger partial charge on any atom is -0.506 e. The summed E-state index contributed by atoms with van der Waals surface area (Å²) in [7, 11) is 1.96. The SMILES string of the molecule is CCN(C(=O)c1ccc(O)c(NC(=O)C(=O)Nc2cc(Cl)cc(Cl)c2O)c1)C1CCCN1C. The molecule has 11 heteroatoms. The van der Waals surface area contributed by atoms with Crippen LogP contribution in [0.25, 0.3) is 0 Å². The van der Waals surface area contributed by atoms with Gasteiger partial charge in [-0.2, -0.15) is 0 Å². The average molecular weight is 495 g/mol. The second-order valence-electron chi connectivity index (χ2n) is 7.62. The standard InChI is InChI=1S/C22H24Cl2N4O5/c1-3-28(18-5-4-8-27(18)2)22(33)12-6-7-17(29)15(9-12)25-20(31)21(32)26-16-11-13(23)10-14(24)19(16)30/h6-7,9-11,18,29-30H,3-5,8H2,1-2H3,(H,25,31)(H,26,32). The Bertz CT molecular complexity index is 1090. The van der Waals surface area contributed by atoms with Gasteiger partial charge < -0.3 is 25.7 Å². The van der Waals surface area contributed by atoms with Gasteiger partial charge in [0.2, 0.25) is 0 Å². The molecule has 0 aliphatic carbocycles. The van der Waals surface area contributed by atoms with Gasteiger partial charge in [-0.05, 0) is 63.7 Å². The predicted molar refractivity (Wildman–Crippen MR) is 126 cm³/mol. The highest BCUT2D eigenvalue weighted by atomic mass is 35.5. The third-order valence-corrected chi connectivity index (χ3v) is 5.92. The molecule has 1 aliphatic heterocycles. The summed E-state index contributed by atoms with van der Waals surface area (Å²) in [4.78, 5) is 41.6. The first-order chi connectivity index (χ1) is 15.6. The maximum absolute atomic E-state index is 13.1. The summed E-state index contributed by atoms with van der Waals surface area (Å²) in [5.41, 5.74) is -0.00447. The summed E-state index contributed by atoms with van der Waals surface area (Å²) < 4.78 is 0. The van der Waals surface area contributed by atoms with E-state index in [0.717, 1.165) is 19.4 Å². The Hall–Kier alpha value is -3.01. The monoisotopic (exact) mass is 494 g/mol. The van der Waals surface area contributed by atoms with Crippen molar-refractivity contribution in [3.05, 3.63) is 45.9 Å². The molecule has 1 unspecified atom stereocenters. The molecule has 9 nitrogen and oxygen atoms in total. The first-order valence-electron chi connectivity index (χ1n) is 10.3. The quantitative estimate of drug-likeness (QED) is 0.372. The van der Waals surface area contributed by atoms with E-state index in [0.29, 0.717) is 6.54 Å². The van der Waals surface area contributed by atoms with Crippen LogP contribution in [0.3, 0.4) is 0 Å². The molecule has 3 amide bonds. The van der Waals surface area contributed by atoms with Gasteiger partial charge in [0.25, 0.3) is 5.91 Å². The molecular formula is C22H24Cl2N4O5. The number of hydrogen-bond donors (Lipinski definition) is 4. The Morgan fingerprint density at radius 2 is 1.76 bits per heavy atom. The molecule has 3 rings (SSSR count). The number of amides is 3. The van der Waals surface area contributed by atoms with Gasteiger partial charge in [-0.15, -0.1) is 0 Å². The maximum atomic E-state index is 13.1. The van der Waals surface area contributed by atoms with Crippen LogP contribution >= 0.6 is 23.2 Å². The average Bonchev–Trinajstić information content (AvgIpc) is 3.19. The van der Waals surface area contributed by atoms with E-state index in [1.807, 2.05) is 14.0 Å². The number of halogens is 2. The van der Waals surface area contributed by atoms with Gasteiger partial charge in [0.15, 0.2) is 5.75 Å². The number of nitrogens with one attached hydrogen (secondary N) is 2. The first-order valence-corrected chi connectivity index (χ1v) is 11.0. The van der Waals surface area contributed by atoms with Crippen molar-refractivity contribution in [1.29, 1.82) is 0 Å². The van der Waals surface area contributed by atoms with E-state index in [1.54, 1.807) is 4.90 Å². The number of carbonyl (C=O) groups is 3. The molecule has 4 N–H and O–H groups in total. The Morgan fingerprint density at radius 1 is 1.09 bits per heavy atom. The third-order valence-electron chi connectivity index (χ3n) is 5.42. The van der Waals surface area contributed by atoms with Crippen LogP contribution in [0.1, 0.15) is 30.1 Å². The molecule has 0 bridgehead atoms. The molecule has 2 aromatic carbocycles. The molecular weight excluding hydrogens is 471 g/mol. The molecule has 0 saturated carbocycles. The van der Waals surface area contributed by atoms with Crippen molar-refractivity contribution in [2.75, 3.05) is 30.8 Å². The minimum absolute atomic E-state index is 0.0303. The number of phenols is 2. The van der Waals surface area contributed by atoms with Crippen LogP contribution in [0.4, 0.5) is 11.4 Å². The summed E-state index contributed by atoms with van der Waals surface area (Å²) in [5.74, 6) is -3.29. The van der Waals surface area contributed by atoms with E-state index in [2.05, 4.69) is 15.5 Å². The van der Waals surface area contributed by atoms with E-state index in [-0.39, 0.29) is 44.8 Å². The summed E-state index contributed by atoms with van der Waals surface area (Å²) in [6.07, 6.45) is 1.82. The lowest BCUT2D eigenvalue weighted by Crippen LogP contribution is -2.46. The maximum Gasteiger partial charge on any atom is 0.314 e. The van der Waals surface area contributed by atoms with Crippen molar-refractivity contribution in [3.63, 3.8) is 0 Å². The Morgan fingerprint density at radius 3 is 2.36 bits per heavy atom. The number of benzene rings is 2. The van der Waals surface area contributed by atoms with Crippen molar-refractivity contribution in [2.24, 2.45) is 0 Å². The van der Waals surface area contributed by atoms with Crippen LogP contribution in [-0.4, -0.2) is 64.0 Å². The number of aromatic hydroxyl groups is 2. The number of hydrogen-bond acceptors (Lipinski definition) is 6. The van der Waals surface area contributed by atoms with Crippen LogP contribution in [0, 0.1) is 0 Å². The van der Waals surface area contributed by atoms with Crippen LogP contribution in [0.2, 0.25) is 10.0 Å². The predicted octanol–water partition coefficient (Wildman–Crippen LogP) is 3.50. The molecule has 1 saturated heterocycles. The third kappa shape index (κ3) is 5.50. The highest BCUT2D eigenvalue weighted by Crippen LogP contribution is 2.35. The van der Waals surface area contributed by atoms with E-state index in [9.17, 15) is 24.6 Å². The lowest BCUT2D eigenvalue weighted by Gasteiger charge is -2.32. The topological polar surface area (TPSA) is 122 Å². The van der Waals surface area contributed by atoms with Crippen LogP contribution in [-0.2, 0) is 9.59 Å². The first kappa shape index (κ1) is 24.6. The van der Waals surface area contributed by atoms with Gasteiger partial charge in [0, 0.05) is 17.1 Å². The molecule has 1 atom stereocenters. The molecule has 0 aromatic heterocycles. The van der Waals surface area contributed by atoms with Gasteiger partial charge in [-0.1, -0.05) is 23.2 Å². The largest absolute Gasteiger partial charge is 0.506 e. The van der Waals surface area contributed by atoms with Crippen molar-refractivity contribution >= 4 is 52.3 Å². The zero-order valence-corrected chi connectivity index (χ0v) is 19.6.